The van der Waals surface area contributed by atoms with Gasteiger partial charge in [-0.2, -0.15) is 0 Å². The highest BCUT2D eigenvalue weighted by Crippen LogP contribution is 2.26. The van der Waals surface area contributed by atoms with Crippen molar-refractivity contribution in [3.05, 3.63) is 65.7 Å². The van der Waals surface area contributed by atoms with Gasteiger partial charge in [-0.25, -0.2) is 0 Å². The number of nitrogens with zero attached hydrogens (tertiary/aromatic N) is 1. The molecule has 0 unspecified atom stereocenters. The van der Waals surface area contributed by atoms with Gasteiger partial charge in [0.1, 0.15) is 42.0 Å². The number of benzene rings is 2. The monoisotopic (exact) mass is 1230 g/mol. The molecule has 33 heteroatoms. The number of unbranched alkanes of at least 4 members (excludes halogenated alkanes) is 1. The highest BCUT2D eigenvalue weighted by atomic mass is 33.1. The standard InChI is InChI=1S/C52H74N16O15S2/c53-17-5-4-9-31(45(76)60-23-41(57)72)63-51(82)38-10-6-18-68(38)52(83)37-27-85-84-26-36(62-44(75)25-59-43(74)24-58-42(73)22-54)50(81)64-34(20-29-11-13-30(69)14-12-29)49(80)67-48(79)33(19-28-7-2-1-3-8-28)61-32(15-16-39(55)70)46(77)65-35(21-40(56)71)47(78)66-37/h1-3,7-8,11-14,31-38,61,69H,4-6,9-10,15-27,53-54H2,(H2,55,70)(H2,56,71)(H2,57,72)(H,58,73)(H,59,74)(H,60,76)(H,62,75)(H,63,82)(H,64,81)(H,65,77)(H,66,78)(H,67,79,80)/t31-,32-,33-,34-,35-,36-,37-,38-/m0/s1. The Kier molecular flexibility index (Phi) is 29.0. The van der Waals surface area contributed by atoms with Crippen molar-refractivity contribution in [2.45, 2.75) is 113 Å². The molecule has 0 aliphatic carbocycles. The van der Waals surface area contributed by atoms with Gasteiger partial charge >= 0.3 is 0 Å². The Bertz CT molecular complexity index is 2730. The Morgan fingerprint density at radius 2 is 1.27 bits per heavy atom. The maximum atomic E-state index is 14.9. The SMILES string of the molecule is NCCCC[C@H](NC(=O)[C@@H]1CCCN1C(=O)[C@@H]1CSSC[C@H](NC(=O)CNC(=O)CNC(=O)CN)C(=O)N[C@@H](Cc2ccc(O)cc2)C(=O)NC(=O)[C@H](Cc2ccccc2)N[C@@H](CCC(N)=O)C(=O)N[C@@H](CC(N)=O)C(=O)N1)C(=O)NCC(N)=O. The predicted molar refractivity (Wildman–Crippen MR) is 308 cm³/mol. The normalized spacial score (nSPS) is 21.3. The molecule has 2 fully saturated rings. The molecular weight excluding hydrogens is 1150 g/mol. The second-order valence-electron chi connectivity index (χ2n) is 19.7. The highest BCUT2D eigenvalue weighted by molar-refractivity contribution is 8.76. The van der Waals surface area contributed by atoms with E-state index in [2.05, 4.69) is 53.2 Å². The zero-order chi connectivity index (χ0) is 62.6. The molecule has 2 aromatic rings. The summed E-state index contributed by atoms with van der Waals surface area (Å²) >= 11 is 0. The Morgan fingerprint density at radius 1 is 0.647 bits per heavy atom. The fourth-order valence-electron chi connectivity index (χ4n) is 8.65. The maximum absolute atomic E-state index is 14.9. The van der Waals surface area contributed by atoms with Crippen LogP contribution in [0.25, 0.3) is 0 Å². The van der Waals surface area contributed by atoms with Crippen LogP contribution in [-0.4, -0.2) is 192 Å². The number of primary amides is 3. The lowest BCUT2D eigenvalue weighted by Gasteiger charge is -2.31. The molecular formula is C52H74N16O15S2. The third kappa shape index (κ3) is 24.4. The molecule has 0 radical (unpaired) electrons. The van der Waals surface area contributed by atoms with Crippen LogP contribution in [0.1, 0.15) is 62.5 Å². The fourth-order valence-corrected chi connectivity index (χ4v) is 11.0. The predicted octanol–water partition coefficient (Wildman–Crippen LogP) is -6.98. The van der Waals surface area contributed by atoms with Crippen molar-refractivity contribution in [1.29, 1.82) is 0 Å². The maximum Gasteiger partial charge on any atom is 0.249 e. The molecule has 0 aromatic heterocycles. The summed E-state index contributed by atoms with van der Waals surface area (Å²) in [6.07, 6.45) is -1.03. The second kappa shape index (κ2) is 35.7. The summed E-state index contributed by atoms with van der Waals surface area (Å²) in [6.45, 7) is -2.02. The van der Waals surface area contributed by atoms with Crippen molar-refractivity contribution in [2.24, 2.45) is 28.7 Å². The number of amides is 14. The summed E-state index contributed by atoms with van der Waals surface area (Å²) in [7, 11) is 1.72. The van der Waals surface area contributed by atoms with Crippen molar-refractivity contribution in [3.8, 4) is 5.75 Å². The van der Waals surface area contributed by atoms with Crippen molar-refractivity contribution in [3.63, 3.8) is 0 Å². The van der Waals surface area contributed by atoms with Gasteiger partial charge in [0.15, 0.2) is 0 Å². The minimum atomic E-state index is -1.85. The van der Waals surface area contributed by atoms with E-state index in [1.807, 2.05) is 0 Å². The van der Waals surface area contributed by atoms with Gasteiger partial charge in [0.25, 0.3) is 0 Å². The molecule has 2 heterocycles. The van der Waals surface area contributed by atoms with Crippen LogP contribution in [-0.2, 0) is 80.0 Å². The van der Waals surface area contributed by atoms with Crippen LogP contribution in [0, 0.1) is 0 Å². The molecule has 21 N–H and O–H groups in total. The molecule has 4 rings (SSSR count). The lowest BCUT2D eigenvalue weighted by atomic mass is 10.0. The van der Waals surface area contributed by atoms with Gasteiger partial charge in [-0.1, -0.05) is 64.1 Å². The van der Waals surface area contributed by atoms with Gasteiger partial charge in [-0.15, -0.1) is 0 Å². The minimum absolute atomic E-state index is 0.0482. The van der Waals surface area contributed by atoms with E-state index in [1.54, 1.807) is 30.3 Å². The van der Waals surface area contributed by atoms with Crippen molar-refractivity contribution in [1.82, 2.24) is 58.1 Å². The van der Waals surface area contributed by atoms with E-state index in [9.17, 15) is 72.2 Å². The Morgan fingerprint density at radius 3 is 1.93 bits per heavy atom. The molecule has 2 aliphatic heterocycles. The number of nitrogens with two attached hydrogens (primary N) is 5. The van der Waals surface area contributed by atoms with E-state index in [0.29, 0.717) is 24.0 Å². The van der Waals surface area contributed by atoms with Gasteiger partial charge in [0.2, 0.25) is 82.7 Å². The summed E-state index contributed by atoms with van der Waals surface area (Å²) < 4.78 is 0. The molecule has 2 saturated heterocycles. The van der Waals surface area contributed by atoms with Crippen LogP contribution in [0.5, 0.6) is 5.75 Å². The van der Waals surface area contributed by atoms with Crippen LogP contribution in [0.4, 0.5) is 0 Å². The zero-order valence-corrected chi connectivity index (χ0v) is 48.0. The molecule has 0 saturated carbocycles. The molecule has 0 spiro atoms. The lowest BCUT2D eigenvalue weighted by Crippen LogP contribution is -2.61. The first kappa shape index (κ1) is 69.1. The van der Waals surface area contributed by atoms with Gasteiger partial charge in [-0.3, -0.25) is 77.8 Å². The van der Waals surface area contributed by atoms with Crippen LogP contribution in [0.3, 0.4) is 0 Å². The number of likely N-dealkylation sites (tertiary alicyclic amines) is 1. The van der Waals surface area contributed by atoms with Crippen LogP contribution < -0.4 is 81.8 Å². The largest absolute Gasteiger partial charge is 0.508 e. The third-order valence-electron chi connectivity index (χ3n) is 13.0. The van der Waals surface area contributed by atoms with E-state index in [0.717, 1.165) is 26.5 Å². The smallest absolute Gasteiger partial charge is 0.249 e. The number of rotatable bonds is 25. The van der Waals surface area contributed by atoms with E-state index in [-0.39, 0.29) is 62.4 Å². The molecule has 2 aromatic carbocycles. The molecule has 2 aliphatic rings. The average Bonchev–Trinajstić information content (AvgIpc) is 4.06. The Balaban J connectivity index is 1.82. The number of phenolic OH excluding ortho intramolecular Hbond substituents is 1. The lowest BCUT2D eigenvalue weighted by molar-refractivity contribution is -0.142. The zero-order valence-electron chi connectivity index (χ0n) is 46.4. The van der Waals surface area contributed by atoms with Crippen LogP contribution in [0.2, 0.25) is 0 Å². The third-order valence-corrected chi connectivity index (χ3v) is 15.5. The number of imide groups is 1. The Labute approximate surface area is 496 Å². The van der Waals surface area contributed by atoms with Crippen LogP contribution >= 0.6 is 21.6 Å². The summed E-state index contributed by atoms with van der Waals surface area (Å²) in [5, 5.41) is 34.7. The van der Waals surface area contributed by atoms with Gasteiger partial charge < -0.3 is 81.2 Å². The second-order valence-corrected chi connectivity index (χ2v) is 22.3. The first-order valence-corrected chi connectivity index (χ1v) is 29.5. The van der Waals surface area contributed by atoms with E-state index < -0.39 is 176 Å². The van der Waals surface area contributed by atoms with Crippen LogP contribution in [0.15, 0.2) is 54.6 Å². The minimum Gasteiger partial charge on any atom is -0.508 e. The van der Waals surface area contributed by atoms with Crippen molar-refractivity contribution >= 4 is 104 Å². The van der Waals surface area contributed by atoms with Crippen molar-refractivity contribution < 1.29 is 72.2 Å². The summed E-state index contributed by atoms with van der Waals surface area (Å²) in [6, 6.07) is 1.52. The van der Waals surface area contributed by atoms with Gasteiger partial charge in [-0.05, 0) is 74.8 Å². The number of aromatic hydroxyl groups is 1. The number of phenols is 1. The van der Waals surface area contributed by atoms with Gasteiger partial charge in [0, 0.05) is 30.9 Å². The number of hydrogen-bond acceptors (Lipinski definition) is 20. The Hall–Kier alpha value is -8.40. The van der Waals surface area contributed by atoms with E-state index in [1.165, 1.54) is 24.3 Å². The number of nitrogens with one attached hydrogen (secondary N) is 10. The topological polar surface area (TPSA) is 513 Å². The molecule has 8 atom stereocenters. The molecule has 464 valence electrons. The number of hydrogen-bond donors (Lipinski definition) is 16. The van der Waals surface area contributed by atoms with E-state index in [4.69, 9.17) is 28.7 Å². The fraction of sp³-hybridized carbons (Fsp3) is 0.500. The summed E-state index contributed by atoms with van der Waals surface area (Å²) in [5.41, 5.74) is 28.1. The number of carbonyl (C=O) groups is 14. The summed E-state index contributed by atoms with van der Waals surface area (Å²) in [5.74, 6) is -13.9. The first-order valence-electron chi connectivity index (χ1n) is 27.0. The first-order chi connectivity index (χ1) is 40.5. The molecule has 31 nitrogen and oxygen atoms in total. The average molecular weight is 1230 g/mol. The summed E-state index contributed by atoms with van der Waals surface area (Å²) in [4.78, 5) is 190. The molecule has 85 heavy (non-hydrogen) atoms. The number of carbonyl (C=O) groups excluding carboxylic acids is 14. The highest BCUT2D eigenvalue weighted by Gasteiger charge is 2.41. The van der Waals surface area contributed by atoms with E-state index >= 15 is 0 Å². The molecule has 14 amide bonds. The quantitative estimate of drug-likeness (QED) is 0.0250. The van der Waals surface area contributed by atoms with Gasteiger partial charge in [0.05, 0.1) is 44.7 Å². The van der Waals surface area contributed by atoms with Crippen molar-refractivity contribution in [2.75, 3.05) is 50.8 Å². The molecule has 0 bridgehead atoms.